The van der Waals surface area contributed by atoms with Crippen molar-refractivity contribution in [2.24, 2.45) is 0 Å². The van der Waals surface area contributed by atoms with E-state index in [0.29, 0.717) is 5.02 Å². The molecule has 2 amide bonds. The van der Waals surface area contributed by atoms with Gasteiger partial charge >= 0.3 is 0 Å². The number of nitrogens with zero attached hydrogens (tertiary/aromatic N) is 1. The maximum atomic E-state index is 11.9. The summed E-state index contributed by atoms with van der Waals surface area (Å²) in [6, 6.07) is 9.33. The van der Waals surface area contributed by atoms with Crippen LogP contribution >= 0.6 is 23.2 Å². The second-order valence-electron chi connectivity index (χ2n) is 4.34. The van der Waals surface area contributed by atoms with Crippen molar-refractivity contribution in [3.8, 4) is 0 Å². The number of hydrogen-bond acceptors (Lipinski definition) is 4. The molecule has 2 rings (SSSR count). The van der Waals surface area contributed by atoms with E-state index in [4.69, 9.17) is 23.2 Å². The molecule has 7 nitrogen and oxygen atoms in total. The first kappa shape index (κ1) is 16.7. The van der Waals surface area contributed by atoms with E-state index in [1.165, 1.54) is 36.4 Å². The molecule has 0 spiro atoms. The first-order valence-electron chi connectivity index (χ1n) is 6.18. The number of carbonyl (C=O) groups excluding carboxylic acids is 2. The second-order valence-corrected chi connectivity index (χ2v) is 5.16. The minimum atomic E-state index is -0.692. The highest BCUT2D eigenvalue weighted by atomic mass is 35.5. The summed E-state index contributed by atoms with van der Waals surface area (Å²) in [5, 5.41) is 11.2. The van der Waals surface area contributed by atoms with Crippen LogP contribution in [0.1, 0.15) is 20.7 Å². The lowest BCUT2D eigenvalue weighted by atomic mass is 10.2. The van der Waals surface area contributed by atoms with Gasteiger partial charge in [-0.05, 0) is 24.3 Å². The second kappa shape index (κ2) is 7.08. The normalized spacial score (nSPS) is 10.0. The summed E-state index contributed by atoms with van der Waals surface area (Å²) in [4.78, 5) is 33.8. The van der Waals surface area contributed by atoms with E-state index in [9.17, 15) is 19.7 Å². The summed E-state index contributed by atoms with van der Waals surface area (Å²) in [5.41, 5.74) is 4.34. The number of carbonyl (C=O) groups is 2. The Hall–Kier alpha value is -2.64. The first-order chi connectivity index (χ1) is 10.9. The number of hydrazine groups is 1. The van der Waals surface area contributed by atoms with Gasteiger partial charge in [-0.3, -0.25) is 30.6 Å². The average Bonchev–Trinajstić information content (AvgIpc) is 2.54. The van der Waals surface area contributed by atoms with Gasteiger partial charge in [0.15, 0.2) is 0 Å². The van der Waals surface area contributed by atoms with Gasteiger partial charge in [-0.15, -0.1) is 0 Å². The van der Waals surface area contributed by atoms with Crippen molar-refractivity contribution in [1.29, 1.82) is 0 Å². The Morgan fingerprint density at radius 3 is 2.09 bits per heavy atom. The zero-order valence-electron chi connectivity index (χ0n) is 11.4. The van der Waals surface area contributed by atoms with E-state index in [1.54, 1.807) is 0 Å². The maximum Gasteiger partial charge on any atom is 0.270 e. The Bertz CT molecular complexity index is 795. The van der Waals surface area contributed by atoms with Gasteiger partial charge < -0.3 is 0 Å². The predicted molar refractivity (Wildman–Crippen MR) is 84.5 cm³/mol. The van der Waals surface area contributed by atoms with E-state index < -0.39 is 16.7 Å². The molecular weight excluding hydrogens is 345 g/mol. The lowest BCUT2D eigenvalue weighted by Gasteiger charge is -2.08. The van der Waals surface area contributed by atoms with Crippen LogP contribution in [0.2, 0.25) is 10.0 Å². The minimum absolute atomic E-state index is 0.0358. The summed E-state index contributed by atoms with van der Waals surface area (Å²) < 4.78 is 0. The van der Waals surface area contributed by atoms with Crippen LogP contribution in [0.25, 0.3) is 0 Å². The summed E-state index contributed by atoms with van der Waals surface area (Å²) in [7, 11) is 0. The Balaban J connectivity index is 2.03. The van der Waals surface area contributed by atoms with Crippen LogP contribution in [0.5, 0.6) is 0 Å². The van der Waals surface area contributed by atoms with Gasteiger partial charge in [0.05, 0.1) is 15.0 Å². The number of benzene rings is 2. The third-order valence-corrected chi connectivity index (χ3v) is 3.53. The Kier molecular flexibility index (Phi) is 5.15. The lowest BCUT2D eigenvalue weighted by Crippen LogP contribution is -2.41. The summed E-state index contributed by atoms with van der Waals surface area (Å²) in [6.45, 7) is 0. The van der Waals surface area contributed by atoms with E-state index >= 15 is 0 Å². The molecule has 0 aliphatic rings. The summed E-state index contributed by atoms with van der Waals surface area (Å²) in [6.07, 6.45) is 0. The van der Waals surface area contributed by atoms with Crippen molar-refractivity contribution >= 4 is 40.7 Å². The molecule has 2 N–H and O–H groups in total. The molecule has 0 radical (unpaired) electrons. The third kappa shape index (κ3) is 4.18. The van der Waals surface area contributed by atoms with Gasteiger partial charge in [0.1, 0.15) is 0 Å². The Morgan fingerprint density at radius 2 is 1.52 bits per heavy atom. The van der Waals surface area contributed by atoms with Crippen molar-refractivity contribution in [2.75, 3.05) is 0 Å². The van der Waals surface area contributed by atoms with Gasteiger partial charge in [-0.2, -0.15) is 0 Å². The minimum Gasteiger partial charge on any atom is -0.267 e. The van der Waals surface area contributed by atoms with Crippen LogP contribution in [0.3, 0.4) is 0 Å². The average molecular weight is 354 g/mol. The molecule has 0 bridgehead atoms. The smallest absolute Gasteiger partial charge is 0.267 e. The number of halogens is 2. The first-order valence-corrected chi connectivity index (χ1v) is 6.94. The van der Waals surface area contributed by atoms with Gasteiger partial charge in [0, 0.05) is 23.3 Å². The van der Waals surface area contributed by atoms with Gasteiger partial charge in [0.2, 0.25) is 0 Å². The molecule has 0 aliphatic heterocycles. The number of amides is 2. The number of nitro benzene ring substituents is 1. The number of hydrogen-bond donors (Lipinski definition) is 2. The molecule has 0 atom stereocenters. The van der Waals surface area contributed by atoms with Crippen LogP contribution in [0, 0.1) is 10.1 Å². The third-order valence-electron chi connectivity index (χ3n) is 2.79. The Morgan fingerprint density at radius 1 is 0.913 bits per heavy atom. The van der Waals surface area contributed by atoms with Gasteiger partial charge in [-0.1, -0.05) is 29.3 Å². The maximum absolute atomic E-state index is 11.9. The van der Waals surface area contributed by atoms with Crippen molar-refractivity contribution < 1.29 is 14.5 Å². The molecular formula is C14H9Cl2N3O4. The van der Waals surface area contributed by atoms with E-state index in [0.717, 1.165) is 6.07 Å². The monoisotopic (exact) mass is 353 g/mol. The molecule has 0 heterocycles. The predicted octanol–water partition coefficient (Wildman–Crippen LogP) is 2.98. The fraction of sp³-hybridized carbons (Fsp3) is 0. The van der Waals surface area contributed by atoms with E-state index in [-0.39, 0.29) is 21.8 Å². The lowest BCUT2D eigenvalue weighted by molar-refractivity contribution is -0.384. The summed E-state index contributed by atoms with van der Waals surface area (Å²) in [5.74, 6) is -1.30. The van der Waals surface area contributed by atoms with E-state index in [2.05, 4.69) is 10.9 Å². The quantitative estimate of drug-likeness (QED) is 0.654. The van der Waals surface area contributed by atoms with Crippen molar-refractivity contribution in [3.63, 3.8) is 0 Å². The molecule has 2 aromatic carbocycles. The van der Waals surface area contributed by atoms with Crippen LogP contribution in [-0.4, -0.2) is 16.7 Å². The number of nitro groups is 1. The number of nitrogens with one attached hydrogen (secondary N) is 2. The molecule has 0 saturated carbocycles. The molecule has 2 aromatic rings. The zero-order valence-corrected chi connectivity index (χ0v) is 12.9. The molecule has 0 saturated heterocycles. The molecule has 0 unspecified atom stereocenters. The fourth-order valence-corrected chi connectivity index (χ4v) is 1.95. The largest absolute Gasteiger partial charge is 0.270 e. The van der Waals surface area contributed by atoms with Gasteiger partial charge in [0.25, 0.3) is 17.5 Å². The highest BCUT2D eigenvalue weighted by Crippen LogP contribution is 2.22. The van der Waals surface area contributed by atoms with Crippen LogP contribution in [0.4, 0.5) is 5.69 Å². The number of rotatable bonds is 3. The highest BCUT2D eigenvalue weighted by molar-refractivity contribution is 6.42. The number of non-ortho nitro benzene ring substituents is 1. The van der Waals surface area contributed by atoms with Crippen molar-refractivity contribution in [2.45, 2.75) is 0 Å². The highest BCUT2D eigenvalue weighted by Gasteiger charge is 2.13. The summed E-state index contributed by atoms with van der Waals surface area (Å²) >= 11 is 11.5. The molecule has 23 heavy (non-hydrogen) atoms. The van der Waals surface area contributed by atoms with Crippen LogP contribution < -0.4 is 10.9 Å². The Labute approximate surface area is 140 Å². The SMILES string of the molecule is O=C(NNC(=O)c1ccc(Cl)c(Cl)c1)c1cccc([N+](=O)[O-])c1. The van der Waals surface area contributed by atoms with Crippen molar-refractivity contribution in [1.82, 2.24) is 10.9 Å². The molecule has 0 aliphatic carbocycles. The molecule has 9 heteroatoms. The molecule has 0 fully saturated rings. The molecule has 0 aromatic heterocycles. The van der Waals surface area contributed by atoms with E-state index in [1.807, 2.05) is 0 Å². The molecule has 118 valence electrons. The standard InChI is InChI=1S/C14H9Cl2N3O4/c15-11-5-4-9(7-12(11)16)14(21)18-17-13(20)8-2-1-3-10(6-8)19(22)23/h1-7H,(H,17,20)(H,18,21). The van der Waals surface area contributed by atoms with Gasteiger partial charge in [-0.25, -0.2) is 0 Å². The van der Waals surface area contributed by atoms with Crippen LogP contribution in [-0.2, 0) is 0 Å². The van der Waals surface area contributed by atoms with Crippen LogP contribution in [0.15, 0.2) is 42.5 Å². The zero-order chi connectivity index (χ0) is 17.0. The topological polar surface area (TPSA) is 101 Å². The van der Waals surface area contributed by atoms with Crippen molar-refractivity contribution in [3.05, 3.63) is 73.8 Å². The fourth-order valence-electron chi connectivity index (χ4n) is 1.66.